The van der Waals surface area contributed by atoms with Crippen LogP contribution in [0.4, 0.5) is 0 Å². The average Bonchev–Trinajstić information content (AvgIpc) is 3.13. The standard InChI is InChI=1S/C18H29N5O2/c1-13(18-20-17(21-25-18)14-6-7-14)23-10-8-22(9-11-23)12-16(24)19-15-4-2-3-5-15/h13-15H,2-12H2,1H3,(H,19,24)/t13-/m0/s1. The predicted octanol–water partition coefficient (Wildman–Crippen LogP) is 1.68. The smallest absolute Gasteiger partial charge is 0.243 e. The Balaban J connectivity index is 1.22. The molecule has 2 heterocycles. The van der Waals surface area contributed by atoms with Gasteiger partial charge in [0.05, 0.1) is 12.6 Å². The number of nitrogens with one attached hydrogen (secondary N) is 1. The van der Waals surface area contributed by atoms with Gasteiger partial charge in [-0.15, -0.1) is 0 Å². The number of hydrogen-bond acceptors (Lipinski definition) is 6. The SMILES string of the molecule is C[C@@H](c1nc(C2CC2)no1)N1CCN(CC(=O)NC2CCCC2)CC1. The molecule has 7 heteroatoms. The van der Waals surface area contributed by atoms with Gasteiger partial charge in [0.2, 0.25) is 11.8 Å². The monoisotopic (exact) mass is 347 g/mol. The van der Waals surface area contributed by atoms with Gasteiger partial charge in [-0.2, -0.15) is 4.98 Å². The molecule has 1 aromatic heterocycles. The summed E-state index contributed by atoms with van der Waals surface area (Å²) in [6.45, 7) is 6.33. The van der Waals surface area contributed by atoms with Crippen molar-refractivity contribution in [2.75, 3.05) is 32.7 Å². The maximum atomic E-state index is 12.2. The lowest BCUT2D eigenvalue weighted by molar-refractivity contribution is -0.123. The van der Waals surface area contributed by atoms with Crippen LogP contribution in [0.15, 0.2) is 4.52 Å². The summed E-state index contributed by atoms with van der Waals surface area (Å²) >= 11 is 0. The van der Waals surface area contributed by atoms with Crippen molar-refractivity contribution in [3.8, 4) is 0 Å². The van der Waals surface area contributed by atoms with Gasteiger partial charge in [0.25, 0.3) is 0 Å². The Hall–Kier alpha value is -1.47. The first-order chi connectivity index (χ1) is 12.2. The van der Waals surface area contributed by atoms with E-state index in [1.807, 2.05) is 0 Å². The van der Waals surface area contributed by atoms with Gasteiger partial charge in [0.1, 0.15) is 0 Å². The van der Waals surface area contributed by atoms with Crippen molar-refractivity contribution in [3.05, 3.63) is 11.7 Å². The number of hydrogen-bond donors (Lipinski definition) is 1. The Bertz CT molecular complexity index is 586. The van der Waals surface area contributed by atoms with E-state index in [1.54, 1.807) is 0 Å². The van der Waals surface area contributed by atoms with Crippen LogP contribution in [0, 0.1) is 0 Å². The number of nitrogens with zero attached hydrogens (tertiary/aromatic N) is 4. The highest BCUT2D eigenvalue weighted by Crippen LogP contribution is 2.38. The minimum atomic E-state index is 0.148. The maximum absolute atomic E-state index is 12.2. The van der Waals surface area contributed by atoms with Crippen LogP contribution in [0.2, 0.25) is 0 Å². The van der Waals surface area contributed by atoms with E-state index in [4.69, 9.17) is 4.52 Å². The van der Waals surface area contributed by atoms with Gasteiger partial charge in [0.15, 0.2) is 5.82 Å². The average molecular weight is 347 g/mol. The fourth-order valence-electron chi connectivity index (χ4n) is 3.94. The first kappa shape index (κ1) is 17.0. The fraction of sp³-hybridized carbons (Fsp3) is 0.833. The summed E-state index contributed by atoms with van der Waals surface area (Å²) in [7, 11) is 0. The third-order valence-corrected chi connectivity index (χ3v) is 5.80. The van der Waals surface area contributed by atoms with Crippen LogP contribution in [-0.4, -0.2) is 64.6 Å². The topological polar surface area (TPSA) is 74.5 Å². The molecule has 3 aliphatic rings. The van der Waals surface area contributed by atoms with Crippen molar-refractivity contribution in [1.29, 1.82) is 0 Å². The molecule has 1 aliphatic heterocycles. The molecule has 4 rings (SSSR count). The van der Waals surface area contributed by atoms with E-state index in [-0.39, 0.29) is 11.9 Å². The first-order valence-electron chi connectivity index (χ1n) is 9.78. The second kappa shape index (κ2) is 7.41. The second-order valence-corrected chi connectivity index (χ2v) is 7.80. The number of amides is 1. The summed E-state index contributed by atoms with van der Waals surface area (Å²) in [6, 6.07) is 0.557. The molecule has 0 unspecified atom stereocenters. The molecule has 1 aromatic rings. The minimum absolute atomic E-state index is 0.148. The summed E-state index contributed by atoms with van der Waals surface area (Å²) in [5.41, 5.74) is 0. The highest BCUT2D eigenvalue weighted by atomic mass is 16.5. The highest BCUT2D eigenvalue weighted by Gasteiger charge is 2.31. The molecule has 2 saturated carbocycles. The molecule has 0 aromatic carbocycles. The van der Waals surface area contributed by atoms with Crippen molar-refractivity contribution in [2.45, 2.75) is 63.5 Å². The van der Waals surface area contributed by atoms with E-state index in [1.165, 1.54) is 25.7 Å². The minimum Gasteiger partial charge on any atom is -0.352 e. The third kappa shape index (κ3) is 4.20. The Morgan fingerprint density at radius 1 is 1.20 bits per heavy atom. The quantitative estimate of drug-likeness (QED) is 0.844. The molecule has 138 valence electrons. The number of rotatable bonds is 6. The zero-order chi connectivity index (χ0) is 17.2. The number of carbonyl (C=O) groups excluding carboxylic acids is 1. The summed E-state index contributed by atoms with van der Waals surface area (Å²) in [5, 5.41) is 7.30. The second-order valence-electron chi connectivity index (χ2n) is 7.80. The van der Waals surface area contributed by atoms with Gasteiger partial charge in [-0.3, -0.25) is 14.6 Å². The lowest BCUT2D eigenvalue weighted by Gasteiger charge is -2.36. The van der Waals surface area contributed by atoms with Crippen LogP contribution in [0.1, 0.15) is 69.1 Å². The molecular weight excluding hydrogens is 318 g/mol. The Labute approximate surface area is 149 Å². The first-order valence-corrected chi connectivity index (χ1v) is 9.78. The maximum Gasteiger partial charge on any atom is 0.243 e. The fourth-order valence-corrected chi connectivity index (χ4v) is 3.94. The summed E-state index contributed by atoms with van der Waals surface area (Å²) in [5.74, 6) is 2.32. The van der Waals surface area contributed by atoms with E-state index in [2.05, 4.69) is 32.2 Å². The van der Waals surface area contributed by atoms with E-state index >= 15 is 0 Å². The number of carbonyl (C=O) groups is 1. The normalized spacial score (nSPS) is 24.5. The molecule has 0 spiro atoms. The highest BCUT2D eigenvalue weighted by molar-refractivity contribution is 5.78. The Morgan fingerprint density at radius 2 is 1.92 bits per heavy atom. The Kier molecular flexibility index (Phi) is 5.03. The van der Waals surface area contributed by atoms with Crippen molar-refractivity contribution in [1.82, 2.24) is 25.3 Å². The lowest BCUT2D eigenvalue weighted by atomic mass is 10.2. The van der Waals surface area contributed by atoms with Crippen LogP contribution < -0.4 is 5.32 Å². The summed E-state index contributed by atoms with van der Waals surface area (Å²) in [6.07, 6.45) is 7.16. The molecule has 1 saturated heterocycles. The van der Waals surface area contributed by atoms with Crippen molar-refractivity contribution in [3.63, 3.8) is 0 Å². The Morgan fingerprint density at radius 3 is 2.60 bits per heavy atom. The van der Waals surface area contributed by atoms with E-state index in [0.29, 0.717) is 18.5 Å². The van der Waals surface area contributed by atoms with Crippen LogP contribution >= 0.6 is 0 Å². The molecule has 1 amide bonds. The van der Waals surface area contributed by atoms with Gasteiger partial charge in [-0.1, -0.05) is 18.0 Å². The van der Waals surface area contributed by atoms with E-state index < -0.39 is 0 Å². The zero-order valence-corrected chi connectivity index (χ0v) is 15.1. The van der Waals surface area contributed by atoms with Crippen LogP contribution in [0.3, 0.4) is 0 Å². The zero-order valence-electron chi connectivity index (χ0n) is 15.1. The predicted molar refractivity (Wildman–Crippen MR) is 93.1 cm³/mol. The van der Waals surface area contributed by atoms with Crippen LogP contribution in [-0.2, 0) is 4.79 Å². The molecule has 2 aliphatic carbocycles. The van der Waals surface area contributed by atoms with Gasteiger partial charge in [-0.05, 0) is 32.6 Å². The summed E-state index contributed by atoms with van der Waals surface area (Å²) in [4.78, 5) is 21.4. The third-order valence-electron chi connectivity index (χ3n) is 5.80. The molecule has 7 nitrogen and oxygen atoms in total. The number of aromatic nitrogens is 2. The van der Waals surface area contributed by atoms with Crippen LogP contribution in [0.5, 0.6) is 0 Å². The molecule has 1 N–H and O–H groups in total. The largest absolute Gasteiger partial charge is 0.352 e. The molecule has 0 radical (unpaired) electrons. The molecule has 0 bridgehead atoms. The van der Waals surface area contributed by atoms with E-state index in [0.717, 1.165) is 50.7 Å². The van der Waals surface area contributed by atoms with Gasteiger partial charge in [-0.25, -0.2) is 0 Å². The lowest BCUT2D eigenvalue weighted by Crippen LogP contribution is -2.50. The van der Waals surface area contributed by atoms with Crippen molar-refractivity contribution >= 4 is 5.91 Å². The molecular formula is C18H29N5O2. The van der Waals surface area contributed by atoms with Crippen molar-refractivity contribution in [2.24, 2.45) is 0 Å². The van der Waals surface area contributed by atoms with Crippen LogP contribution in [0.25, 0.3) is 0 Å². The van der Waals surface area contributed by atoms with E-state index in [9.17, 15) is 4.79 Å². The van der Waals surface area contributed by atoms with Gasteiger partial charge < -0.3 is 9.84 Å². The summed E-state index contributed by atoms with van der Waals surface area (Å²) < 4.78 is 5.47. The van der Waals surface area contributed by atoms with Gasteiger partial charge in [0, 0.05) is 38.1 Å². The number of piperazine rings is 1. The molecule has 25 heavy (non-hydrogen) atoms. The molecule has 3 fully saturated rings. The van der Waals surface area contributed by atoms with Gasteiger partial charge >= 0.3 is 0 Å². The van der Waals surface area contributed by atoms with Crippen molar-refractivity contribution < 1.29 is 9.32 Å². The molecule has 1 atom stereocenters.